The molecular formula is C21H25FN4O3. The Balaban J connectivity index is 2.05. The number of hydrogen-bond donors (Lipinski definition) is 4. The van der Waals surface area contributed by atoms with E-state index in [2.05, 4.69) is 10.3 Å². The summed E-state index contributed by atoms with van der Waals surface area (Å²) in [5.74, 6) is -2.88. The molecule has 0 heterocycles. The largest absolute Gasteiger partial charge is 0.480 e. The number of aliphatic carboxylic acids is 1. The van der Waals surface area contributed by atoms with Crippen LogP contribution < -0.4 is 16.8 Å². The van der Waals surface area contributed by atoms with E-state index in [0.29, 0.717) is 17.5 Å². The normalized spacial score (nSPS) is 12.6. The number of carboxylic acid groups (broad SMARTS) is 1. The van der Waals surface area contributed by atoms with Crippen LogP contribution in [0.2, 0.25) is 0 Å². The Morgan fingerprint density at radius 2 is 1.86 bits per heavy atom. The van der Waals surface area contributed by atoms with Crippen LogP contribution >= 0.6 is 0 Å². The number of rotatable bonds is 9. The van der Waals surface area contributed by atoms with Gasteiger partial charge in [0.25, 0.3) is 0 Å². The molecule has 29 heavy (non-hydrogen) atoms. The van der Waals surface area contributed by atoms with Crippen LogP contribution in [0.3, 0.4) is 0 Å². The van der Waals surface area contributed by atoms with Crippen LogP contribution in [0.15, 0.2) is 53.5 Å². The summed E-state index contributed by atoms with van der Waals surface area (Å²) in [5.41, 5.74) is 12.1. The zero-order chi connectivity index (χ0) is 21.4. The number of benzene rings is 2. The molecule has 0 saturated heterocycles. The number of hydrogen-bond acceptors (Lipinski definition) is 3. The summed E-state index contributed by atoms with van der Waals surface area (Å²) < 4.78 is 14.6. The second kappa shape index (κ2) is 10.2. The third kappa shape index (κ3) is 6.31. The second-order valence-corrected chi connectivity index (χ2v) is 6.68. The number of amides is 1. The predicted octanol–water partition coefficient (Wildman–Crippen LogP) is 2.22. The number of nitrogens with zero attached hydrogens (tertiary/aromatic N) is 1. The molecule has 0 aliphatic rings. The van der Waals surface area contributed by atoms with Gasteiger partial charge in [-0.05, 0) is 37.0 Å². The molecule has 7 nitrogen and oxygen atoms in total. The van der Waals surface area contributed by atoms with Crippen molar-refractivity contribution in [1.82, 2.24) is 5.32 Å². The molecule has 0 aromatic heterocycles. The van der Waals surface area contributed by atoms with E-state index in [1.807, 2.05) is 18.2 Å². The van der Waals surface area contributed by atoms with Crippen molar-refractivity contribution < 1.29 is 19.1 Å². The minimum Gasteiger partial charge on any atom is -0.480 e. The maximum atomic E-state index is 14.6. The second-order valence-electron chi connectivity index (χ2n) is 6.68. The number of carbonyl (C=O) groups is 2. The highest BCUT2D eigenvalue weighted by Crippen LogP contribution is 2.26. The molecule has 0 aliphatic heterocycles. The van der Waals surface area contributed by atoms with E-state index in [0.717, 1.165) is 5.56 Å². The van der Waals surface area contributed by atoms with Crippen LogP contribution in [-0.2, 0) is 9.59 Å². The number of guanidine groups is 1. The molecule has 0 bridgehead atoms. The fourth-order valence-corrected chi connectivity index (χ4v) is 2.86. The molecular weight excluding hydrogens is 375 g/mol. The highest BCUT2D eigenvalue weighted by molar-refractivity contribution is 5.88. The van der Waals surface area contributed by atoms with Gasteiger partial charge in [-0.3, -0.25) is 9.79 Å². The SMILES string of the molecule is CC(C(=O)N[C@@H](CCCN=C(N)N)C(=O)O)c1ccc(-c2ccccc2)c(F)c1. The number of aliphatic imine (C=N–C) groups is 1. The van der Waals surface area contributed by atoms with E-state index in [9.17, 15) is 19.1 Å². The van der Waals surface area contributed by atoms with Crippen LogP contribution in [0.1, 0.15) is 31.2 Å². The highest BCUT2D eigenvalue weighted by atomic mass is 19.1. The topological polar surface area (TPSA) is 131 Å². The predicted molar refractivity (Wildman–Crippen MR) is 110 cm³/mol. The summed E-state index contributed by atoms with van der Waals surface area (Å²) in [6.45, 7) is 1.87. The van der Waals surface area contributed by atoms with E-state index >= 15 is 0 Å². The number of nitrogens with one attached hydrogen (secondary N) is 1. The van der Waals surface area contributed by atoms with Crippen molar-refractivity contribution in [3.8, 4) is 11.1 Å². The maximum absolute atomic E-state index is 14.6. The molecule has 2 aromatic carbocycles. The van der Waals surface area contributed by atoms with Gasteiger partial charge in [0.2, 0.25) is 5.91 Å². The molecule has 0 radical (unpaired) electrons. The van der Waals surface area contributed by atoms with Crippen molar-refractivity contribution >= 4 is 17.8 Å². The molecule has 154 valence electrons. The van der Waals surface area contributed by atoms with Crippen LogP contribution in [0, 0.1) is 5.82 Å². The Morgan fingerprint density at radius 1 is 1.17 bits per heavy atom. The molecule has 0 spiro atoms. The van der Waals surface area contributed by atoms with E-state index in [1.165, 1.54) is 6.07 Å². The summed E-state index contributed by atoms with van der Waals surface area (Å²) >= 11 is 0. The zero-order valence-electron chi connectivity index (χ0n) is 16.1. The molecule has 0 aliphatic carbocycles. The van der Waals surface area contributed by atoms with Crippen molar-refractivity contribution in [3.05, 3.63) is 59.9 Å². The summed E-state index contributed by atoms with van der Waals surface area (Å²) in [7, 11) is 0. The quantitative estimate of drug-likeness (QED) is 0.291. The summed E-state index contributed by atoms with van der Waals surface area (Å²) in [6.07, 6.45) is 0.565. The average Bonchev–Trinajstić information content (AvgIpc) is 2.69. The van der Waals surface area contributed by atoms with Gasteiger partial charge < -0.3 is 21.9 Å². The van der Waals surface area contributed by atoms with Crippen LogP contribution in [0.4, 0.5) is 4.39 Å². The van der Waals surface area contributed by atoms with Crippen LogP contribution in [0.25, 0.3) is 11.1 Å². The van der Waals surface area contributed by atoms with E-state index in [-0.39, 0.29) is 18.9 Å². The Labute approximate surface area is 168 Å². The Kier molecular flexibility index (Phi) is 7.70. The Bertz CT molecular complexity index is 883. The molecule has 8 heteroatoms. The first kappa shape index (κ1) is 21.9. The summed E-state index contributed by atoms with van der Waals surface area (Å²) in [5, 5.41) is 11.8. The van der Waals surface area contributed by atoms with Gasteiger partial charge in [0.15, 0.2) is 5.96 Å². The zero-order valence-corrected chi connectivity index (χ0v) is 16.1. The third-order valence-electron chi connectivity index (χ3n) is 4.53. The minimum atomic E-state index is -1.15. The Hall–Kier alpha value is -3.42. The lowest BCUT2D eigenvalue weighted by atomic mass is 9.96. The lowest BCUT2D eigenvalue weighted by Gasteiger charge is -2.18. The standard InChI is InChI=1S/C21H25FN4O3/c1-13(19(27)26-18(20(28)29)8-5-11-25-21(23)24)15-9-10-16(17(22)12-15)14-6-3-2-4-7-14/h2-4,6-7,9-10,12-13,18H,5,8,11H2,1H3,(H,26,27)(H,28,29)(H4,23,24,25)/t13?,18-/m0/s1. The van der Waals surface area contributed by atoms with Crippen molar-refractivity contribution in [2.75, 3.05) is 6.54 Å². The third-order valence-corrected chi connectivity index (χ3v) is 4.53. The van der Waals surface area contributed by atoms with Gasteiger partial charge >= 0.3 is 5.97 Å². The van der Waals surface area contributed by atoms with Gasteiger partial charge in [-0.2, -0.15) is 0 Å². The van der Waals surface area contributed by atoms with Gasteiger partial charge in [-0.1, -0.05) is 42.5 Å². The fraction of sp³-hybridized carbons (Fsp3) is 0.286. The molecule has 0 fully saturated rings. The Morgan fingerprint density at radius 3 is 2.45 bits per heavy atom. The monoisotopic (exact) mass is 400 g/mol. The first-order chi connectivity index (χ1) is 13.8. The smallest absolute Gasteiger partial charge is 0.326 e. The molecule has 2 rings (SSSR count). The van der Waals surface area contributed by atoms with E-state index in [1.54, 1.807) is 31.2 Å². The number of carboxylic acids is 1. The lowest BCUT2D eigenvalue weighted by Crippen LogP contribution is -2.42. The molecule has 6 N–H and O–H groups in total. The number of halogens is 1. The number of nitrogens with two attached hydrogens (primary N) is 2. The van der Waals surface area contributed by atoms with Crippen molar-refractivity contribution in [2.24, 2.45) is 16.5 Å². The molecule has 1 unspecified atom stereocenters. The molecule has 2 atom stereocenters. The van der Waals surface area contributed by atoms with Gasteiger partial charge in [0, 0.05) is 12.1 Å². The fourth-order valence-electron chi connectivity index (χ4n) is 2.86. The minimum absolute atomic E-state index is 0.0736. The van der Waals surface area contributed by atoms with Crippen LogP contribution in [-0.4, -0.2) is 35.5 Å². The van der Waals surface area contributed by atoms with E-state index < -0.39 is 29.7 Å². The van der Waals surface area contributed by atoms with Crippen molar-refractivity contribution in [2.45, 2.75) is 31.7 Å². The summed E-state index contributed by atoms with van der Waals surface area (Å²) in [6, 6.07) is 12.6. The lowest BCUT2D eigenvalue weighted by molar-refractivity contribution is -0.142. The first-order valence-corrected chi connectivity index (χ1v) is 9.23. The van der Waals surface area contributed by atoms with Gasteiger partial charge in [0.1, 0.15) is 11.9 Å². The van der Waals surface area contributed by atoms with Crippen molar-refractivity contribution in [3.63, 3.8) is 0 Å². The van der Waals surface area contributed by atoms with Crippen LogP contribution in [0.5, 0.6) is 0 Å². The maximum Gasteiger partial charge on any atom is 0.326 e. The molecule has 2 aromatic rings. The first-order valence-electron chi connectivity index (χ1n) is 9.23. The summed E-state index contributed by atoms with van der Waals surface area (Å²) in [4.78, 5) is 27.7. The van der Waals surface area contributed by atoms with Crippen molar-refractivity contribution in [1.29, 1.82) is 0 Å². The van der Waals surface area contributed by atoms with E-state index in [4.69, 9.17) is 11.5 Å². The van der Waals surface area contributed by atoms with Gasteiger partial charge in [-0.25, -0.2) is 9.18 Å². The molecule has 1 amide bonds. The average molecular weight is 400 g/mol. The van der Waals surface area contributed by atoms with Gasteiger partial charge in [-0.15, -0.1) is 0 Å². The van der Waals surface area contributed by atoms with Gasteiger partial charge in [0.05, 0.1) is 5.92 Å². The number of carbonyl (C=O) groups excluding carboxylic acids is 1. The molecule has 0 saturated carbocycles. The highest BCUT2D eigenvalue weighted by Gasteiger charge is 2.24.